The molecule has 172 valence electrons. The van der Waals surface area contributed by atoms with E-state index in [0.717, 1.165) is 11.1 Å². The Hall–Kier alpha value is -3.17. The highest BCUT2D eigenvalue weighted by Crippen LogP contribution is 2.38. The summed E-state index contributed by atoms with van der Waals surface area (Å²) in [5.41, 5.74) is 3.49. The first-order valence-electron chi connectivity index (χ1n) is 10.5. The van der Waals surface area contributed by atoms with Gasteiger partial charge in [0.2, 0.25) is 10.0 Å². The summed E-state index contributed by atoms with van der Waals surface area (Å²) in [7, 11) is -7.34. The predicted octanol–water partition coefficient (Wildman–Crippen LogP) is 4.30. The fraction of sp³-hybridized carbons (Fsp3) is 0.208. The summed E-state index contributed by atoms with van der Waals surface area (Å²) < 4.78 is 54.7. The number of hydrogen-bond donors (Lipinski definition) is 1. The number of aryl methyl sites for hydroxylation is 1. The Bertz CT molecular complexity index is 1400. The Kier molecular flexibility index (Phi) is 6.27. The number of hydrogen-bond acceptors (Lipinski definition) is 5. The highest BCUT2D eigenvalue weighted by atomic mass is 32.2. The minimum atomic E-state index is -3.90. The molecule has 3 aromatic carbocycles. The Labute approximate surface area is 194 Å². The van der Waals surface area contributed by atoms with Crippen molar-refractivity contribution in [2.45, 2.75) is 31.2 Å². The molecule has 1 heterocycles. The topological polar surface area (TPSA) is 95.9 Å². The zero-order valence-corrected chi connectivity index (χ0v) is 20.0. The molecule has 0 unspecified atom stereocenters. The Morgan fingerprint density at radius 3 is 2.33 bits per heavy atom. The van der Waals surface area contributed by atoms with Gasteiger partial charge in [-0.1, -0.05) is 54.6 Å². The maximum Gasteiger partial charge on any atom is 0.279 e. The molecule has 33 heavy (non-hydrogen) atoms. The third kappa shape index (κ3) is 4.79. The van der Waals surface area contributed by atoms with Crippen LogP contribution in [0.5, 0.6) is 0 Å². The van der Waals surface area contributed by atoms with Crippen LogP contribution in [0, 0.1) is 6.92 Å². The van der Waals surface area contributed by atoms with E-state index in [0.29, 0.717) is 23.4 Å². The largest absolute Gasteiger partial charge is 0.284 e. The molecule has 0 bridgehead atoms. The zero-order chi connectivity index (χ0) is 23.6. The van der Waals surface area contributed by atoms with Gasteiger partial charge in [-0.2, -0.15) is 17.9 Å². The van der Waals surface area contributed by atoms with Crippen molar-refractivity contribution in [3.63, 3.8) is 0 Å². The molecule has 9 heteroatoms. The molecule has 0 aromatic heterocycles. The first kappa shape index (κ1) is 23.0. The Morgan fingerprint density at radius 2 is 1.64 bits per heavy atom. The molecule has 0 fully saturated rings. The SMILES string of the molecule is CCS(=O)(=O)Nc1cccc(C2=NN(S(=O)(=O)c3ccccc3)[C@H](c3ccccc3C)C2)c1. The summed E-state index contributed by atoms with van der Waals surface area (Å²) in [6, 6.07) is 22.2. The second kappa shape index (κ2) is 8.99. The number of anilines is 1. The summed E-state index contributed by atoms with van der Waals surface area (Å²) in [6.07, 6.45) is 0.362. The van der Waals surface area contributed by atoms with Gasteiger partial charge < -0.3 is 0 Å². The van der Waals surface area contributed by atoms with Gasteiger partial charge in [0.15, 0.2) is 0 Å². The molecule has 1 aliphatic rings. The van der Waals surface area contributed by atoms with Gasteiger partial charge in [-0.25, -0.2) is 8.42 Å². The summed E-state index contributed by atoms with van der Waals surface area (Å²) in [5, 5.41) is 4.55. The molecule has 0 aliphatic carbocycles. The first-order chi connectivity index (χ1) is 15.7. The van der Waals surface area contributed by atoms with Crippen LogP contribution in [0.2, 0.25) is 0 Å². The number of nitrogens with one attached hydrogen (secondary N) is 1. The lowest BCUT2D eigenvalue weighted by Crippen LogP contribution is -2.27. The molecule has 7 nitrogen and oxygen atoms in total. The lowest BCUT2D eigenvalue weighted by atomic mass is 9.96. The van der Waals surface area contributed by atoms with Crippen LogP contribution in [0.25, 0.3) is 0 Å². The lowest BCUT2D eigenvalue weighted by molar-refractivity contribution is 0.370. The third-order valence-corrected chi connectivity index (χ3v) is 8.56. The van der Waals surface area contributed by atoms with Gasteiger partial charge in [0, 0.05) is 12.1 Å². The van der Waals surface area contributed by atoms with E-state index in [4.69, 9.17) is 0 Å². The molecular weight excluding hydrogens is 458 g/mol. The average Bonchev–Trinajstić information content (AvgIpc) is 3.26. The van der Waals surface area contributed by atoms with Gasteiger partial charge in [0.1, 0.15) is 0 Å². The first-order valence-corrected chi connectivity index (χ1v) is 13.6. The average molecular weight is 484 g/mol. The van der Waals surface area contributed by atoms with Crippen LogP contribution in [0.4, 0.5) is 5.69 Å². The van der Waals surface area contributed by atoms with Crippen LogP contribution < -0.4 is 4.72 Å². The molecule has 0 radical (unpaired) electrons. The van der Waals surface area contributed by atoms with E-state index >= 15 is 0 Å². The molecule has 1 N–H and O–H groups in total. The standard InChI is InChI=1S/C24H25N3O4S2/c1-3-32(28,29)26-20-12-9-11-19(16-20)23-17-24(22-15-8-7-10-18(22)2)27(25-23)33(30,31)21-13-5-4-6-14-21/h4-16,24,26H,3,17H2,1-2H3/t24-/m0/s1. The van der Waals surface area contributed by atoms with Crippen molar-refractivity contribution in [1.29, 1.82) is 0 Å². The number of benzene rings is 3. The molecule has 0 saturated carbocycles. The summed E-state index contributed by atoms with van der Waals surface area (Å²) in [5.74, 6) is -0.0450. The molecule has 0 amide bonds. The Morgan fingerprint density at radius 1 is 0.939 bits per heavy atom. The minimum absolute atomic E-state index is 0.0450. The molecule has 0 spiro atoms. The van der Waals surface area contributed by atoms with Crippen molar-refractivity contribution in [3.05, 3.63) is 95.6 Å². The van der Waals surface area contributed by atoms with Crippen molar-refractivity contribution in [2.75, 3.05) is 10.5 Å². The fourth-order valence-corrected chi connectivity index (χ4v) is 5.87. The number of sulfonamides is 2. The third-order valence-electron chi connectivity index (χ3n) is 5.56. The van der Waals surface area contributed by atoms with Crippen molar-refractivity contribution in [2.24, 2.45) is 5.10 Å². The zero-order valence-electron chi connectivity index (χ0n) is 18.3. The van der Waals surface area contributed by atoms with E-state index in [2.05, 4.69) is 9.82 Å². The van der Waals surface area contributed by atoms with Gasteiger partial charge in [0.05, 0.1) is 22.4 Å². The van der Waals surface area contributed by atoms with Gasteiger partial charge >= 0.3 is 0 Å². The Balaban J connectivity index is 1.78. The number of hydrazone groups is 1. The van der Waals surface area contributed by atoms with E-state index in [9.17, 15) is 16.8 Å². The quantitative estimate of drug-likeness (QED) is 0.542. The van der Waals surface area contributed by atoms with Crippen molar-refractivity contribution in [3.8, 4) is 0 Å². The highest BCUT2D eigenvalue weighted by Gasteiger charge is 2.38. The molecular formula is C24H25N3O4S2. The van der Waals surface area contributed by atoms with Gasteiger partial charge in [0.25, 0.3) is 10.0 Å². The number of rotatable bonds is 7. The molecule has 3 aromatic rings. The maximum absolute atomic E-state index is 13.5. The van der Waals surface area contributed by atoms with Crippen molar-refractivity contribution in [1.82, 2.24) is 4.41 Å². The van der Waals surface area contributed by atoms with Crippen LogP contribution in [-0.2, 0) is 20.0 Å². The van der Waals surface area contributed by atoms with E-state index in [-0.39, 0.29) is 10.6 Å². The second-order valence-corrected chi connectivity index (χ2v) is 11.6. The van der Waals surface area contributed by atoms with Gasteiger partial charge in [-0.05, 0) is 54.8 Å². The summed E-state index contributed by atoms with van der Waals surface area (Å²) in [4.78, 5) is 0.165. The van der Waals surface area contributed by atoms with E-state index < -0.39 is 26.1 Å². The minimum Gasteiger partial charge on any atom is -0.284 e. The summed E-state index contributed by atoms with van der Waals surface area (Å²) in [6.45, 7) is 3.51. The van der Waals surface area contributed by atoms with Crippen LogP contribution in [0.3, 0.4) is 0 Å². The van der Waals surface area contributed by atoms with Gasteiger partial charge in [-0.15, -0.1) is 0 Å². The van der Waals surface area contributed by atoms with Crippen molar-refractivity contribution < 1.29 is 16.8 Å². The van der Waals surface area contributed by atoms with Crippen LogP contribution in [-0.4, -0.2) is 32.7 Å². The van der Waals surface area contributed by atoms with Crippen LogP contribution in [0.15, 0.2) is 88.9 Å². The van der Waals surface area contributed by atoms with Gasteiger partial charge in [-0.3, -0.25) is 4.72 Å². The molecule has 4 rings (SSSR count). The fourth-order valence-electron chi connectivity index (χ4n) is 3.79. The van der Waals surface area contributed by atoms with E-state index in [1.165, 1.54) is 4.41 Å². The second-order valence-electron chi connectivity index (χ2n) is 7.80. The maximum atomic E-state index is 13.5. The predicted molar refractivity (Wildman–Crippen MR) is 130 cm³/mol. The highest BCUT2D eigenvalue weighted by molar-refractivity contribution is 7.92. The van der Waals surface area contributed by atoms with Crippen LogP contribution >= 0.6 is 0 Å². The normalized spacial score (nSPS) is 16.5. The van der Waals surface area contributed by atoms with E-state index in [1.54, 1.807) is 61.5 Å². The van der Waals surface area contributed by atoms with E-state index in [1.807, 2.05) is 31.2 Å². The smallest absolute Gasteiger partial charge is 0.279 e. The number of nitrogens with zero attached hydrogens (tertiary/aromatic N) is 2. The van der Waals surface area contributed by atoms with Crippen molar-refractivity contribution >= 4 is 31.4 Å². The molecule has 1 aliphatic heterocycles. The lowest BCUT2D eigenvalue weighted by Gasteiger charge is -2.24. The monoisotopic (exact) mass is 483 g/mol. The molecule has 0 saturated heterocycles. The van der Waals surface area contributed by atoms with Crippen LogP contribution in [0.1, 0.15) is 36.1 Å². The molecule has 1 atom stereocenters. The summed E-state index contributed by atoms with van der Waals surface area (Å²) >= 11 is 0.